The van der Waals surface area contributed by atoms with Crippen molar-refractivity contribution in [1.82, 2.24) is 9.97 Å². The van der Waals surface area contributed by atoms with Crippen LogP contribution in [-0.2, 0) is 6.61 Å². The van der Waals surface area contributed by atoms with Gasteiger partial charge in [-0.05, 0) is 29.8 Å². The number of halogens is 1. The number of rotatable bonds is 4. The molecule has 3 nitrogen and oxygen atoms in total. The first-order valence-electron chi connectivity index (χ1n) is 6.28. The van der Waals surface area contributed by atoms with Gasteiger partial charge in [0.25, 0.3) is 0 Å². The van der Waals surface area contributed by atoms with Gasteiger partial charge in [0.1, 0.15) is 18.2 Å². The minimum absolute atomic E-state index is 0.488. The predicted octanol–water partition coefficient (Wildman–Crippen LogP) is 4.31. The molecule has 1 N–H and O–H groups in total. The molecule has 0 unspecified atom stereocenters. The highest BCUT2D eigenvalue weighted by Crippen LogP contribution is 2.22. The zero-order valence-corrected chi connectivity index (χ0v) is 11.5. The molecule has 3 rings (SSSR count). The van der Waals surface area contributed by atoms with Crippen molar-refractivity contribution >= 4 is 11.6 Å². The van der Waals surface area contributed by atoms with E-state index in [1.165, 1.54) is 0 Å². The van der Waals surface area contributed by atoms with Crippen LogP contribution in [0.3, 0.4) is 0 Å². The lowest BCUT2D eigenvalue weighted by Crippen LogP contribution is -1.95. The van der Waals surface area contributed by atoms with Gasteiger partial charge in [0.15, 0.2) is 0 Å². The number of imidazole rings is 1. The first-order valence-corrected chi connectivity index (χ1v) is 6.66. The number of aromatic amines is 1. The van der Waals surface area contributed by atoms with Gasteiger partial charge in [-0.3, -0.25) is 0 Å². The number of ether oxygens (including phenoxy) is 1. The van der Waals surface area contributed by atoms with Crippen molar-refractivity contribution in [2.45, 2.75) is 6.61 Å². The highest BCUT2D eigenvalue weighted by atomic mass is 35.5. The molecule has 0 aliphatic carbocycles. The van der Waals surface area contributed by atoms with Crippen LogP contribution in [0, 0.1) is 0 Å². The van der Waals surface area contributed by atoms with Gasteiger partial charge in [0.2, 0.25) is 0 Å². The van der Waals surface area contributed by atoms with Gasteiger partial charge in [-0.15, -0.1) is 0 Å². The molecule has 0 radical (unpaired) electrons. The fraction of sp³-hybridized carbons (Fsp3) is 0.0625. The van der Waals surface area contributed by atoms with E-state index in [0.29, 0.717) is 6.61 Å². The van der Waals surface area contributed by atoms with Crippen LogP contribution >= 0.6 is 11.6 Å². The van der Waals surface area contributed by atoms with Crippen LogP contribution in [0.2, 0.25) is 5.02 Å². The Labute approximate surface area is 122 Å². The summed E-state index contributed by atoms with van der Waals surface area (Å²) in [6.07, 6.45) is 3.53. The molecule has 0 aliphatic heterocycles. The van der Waals surface area contributed by atoms with Crippen molar-refractivity contribution in [3.63, 3.8) is 0 Å². The summed E-state index contributed by atoms with van der Waals surface area (Å²) >= 11 is 5.95. The van der Waals surface area contributed by atoms with Crippen molar-refractivity contribution in [1.29, 1.82) is 0 Å². The van der Waals surface area contributed by atoms with Gasteiger partial charge in [-0.1, -0.05) is 35.9 Å². The normalized spacial score (nSPS) is 10.4. The first kappa shape index (κ1) is 12.8. The highest BCUT2D eigenvalue weighted by molar-refractivity contribution is 6.30. The van der Waals surface area contributed by atoms with E-state index in [2.05, 4.69) is 9.97 Å². The summed E-state index contributed by atoms with van der Waals surface area (Å²) < 4.78 is 5.79. The number of hydrogen-bond donors (Lipinski definition) is 1. The summed E-state index contributed by atoms with van der Waals surface area (Å²) in [5.41, 5.74) is 2.04. The molecule has 0 bridgehead atoms. The molecular formula is C16H13ClN2O. The highest BCUT2D eigenvalue weighted by Gasteiger charge is 2.02. The molecule has 0 atom stereocenters. The average molecular weight is 285 g/mol. The molecule has 4 heteroatoms. The van der Waals surface area contributed by atoms with Crippen molar-refractivity contribution in [3.8, 4) is 17.1 Å². The minimum Gasteiger partial charge on any atom is -0.489 e. The van der Waals surface area contributed by atoms with E-state index in [1.807, 2.05) is 48.5 Å². The van der Waals surface area contributed by atoms with Crippen LogP contribution in [0.1, 0.15) is 5.56 Å². The molecule has 0 aliphatic rings. The van der Waals surface area contributed by atoms with Crippen molar-refractivity contribution in [2.24, 2.45) is 0 Å². The number of aromatic nitrogens is 2. The predicted molar refractivity (Wildman–Crippen MR) is 79.8 cm³/mol. The smallest absolute Gasteiger partial charge is 0.137 e. The van der Waals surface area contributed by atoms with Crippen molar-refractivity contribution in [2.75, 3.05) is 0 Å². The van der Waals surface area contributed by atoms with E-state index in [0.717, 1.165) is 27.7 Å². The Hall–Kier alpha value is -2.26. The Morgan fingerprint density at radius 2 is 2.00 bits per heavy atom. The fourth-order valence-corrected chi connectivity index (χ4v) is 2.16. The van der Waals surface area contributed by atoms with Crippen LogP contribution in [0.15, 0.2) is 60.9 Å². The molecule has 100 valence electrons. The standard InChI is InChI=1S/C16H13ClN2O/c17-14-5-1-3-12(9-14)11-20-15-6-2-4-13(10-15)16-18-7-8-19-16/h1-10H,11H2,(H,18,19). The molecule has 0 fully saturated rings. The maximum absolute atomic E-state index is 5.95. The van der Waals surface area contributed by atoms with Crippen molar-refractivity contribution < 1.29 is 4.74 Å². The third-order valence-electron chi connectivity index (χ3n) is 2.90. The van der Waals surface area contributed by atoms with Gasteiger partial charge in [0.05, 0.1) is 0 Å². The Bertz CT molecular complexity index is 695. The Kier molecular flexibility index (Phi) is 3.70. The van der Waals surface area contributed by atoms with E-state index in [1.54, 1.807) is 12.4 Å². The molecule has 1 aromatic heterocycles. The Morgan fingerprint density at radius 3 is 2.80 bits per heavy atom. The maximum Gasteiger partial charge on any atom is 0.137 e. The summed E-state index contributed by atoms with van der Waals surface area (Å²) in [6.45, 7) is 0.488. The molecule has 0 saturated heterocycles. The zero-order valence-electron chi connectivity index (χ0n) is 10.7. The van der Waals surface area contributed by atoms with Crippen LogP contribution in [0.4, 0.5) is 0 Å². The van der Waals surface area contributed by atoms with E-state index in [4.69, 9.17) is 16.3 Å². The quantitative estimate of drug-likeness (QED) is 0.775. The number of nitrogens with one attached hydrogen (secondary N) is 1. The van der Waals surface area contributed by atoms with Crippen LogP contribution in [0.25, 0.3) is 11.4 Å². The van der Waals surface area contributed by atoms with E-state index in [9.17, 15) is 0 Å². The second-order valence-electron chi connectivity index (χ2n) is 4.38. The molecule has 0 amide bonds. The lowest BCUT2D eigenvalue weighted by Gasteiger charge is -2.07. The van der Waals surface area contributed by atoms with Crippen LogP contribution < -0.4 is 4.74 Å². The second kappa shape index (κ2) is 5.80. The topological polar surface area (TPSA) is 37.9 Å². The lowest BCUT2D eigenvalue weighted by atomic mass is 10.2. The zero-order chi connectivity index (χ0) is 13.8. The molecule has 2 aromatic carbocycles. The molecule has 3 aromatic rings. The molecule has 1 heterocycles. The van der Waals surface area contributed by atoms with Crippen molar-refractivity contribution in [3.05, 3.63) is 71.5 Å². The Balaban J connectivity index is 1.73. The second-order valence-corrected chi connectivity index (χ2v) is 4.82. The first-order chi connectivity index (χ1) is 9.81. The van der Waals surface area contributed by atoms with Gasteiger partial charge in [-0.2, -0.15) is 0 Å². The van der Waals surface area contributed by atoms with Crippen LogP contribution in [-0.4, -0.2) is 9.97 Å². The number of H-pyrrole nitrogens is 1. The minimum atomic E-state index is 0.488. The molecular weight excluding hydrogens is 272 g/mol. The van der Waals surface area contributed by atoms with Gasteiger partial charge < -0.3 is 9.72 Å². The summed E-state index contributed by atoms with van der Waals surface area (Å²) in [4.78, 5) is 7.31. The van der Waals surface area contributed by atoms with Gasteiger partial charge >= 0.3 is 0 Å². The number of hydrogen-bond acceptors (Lipinski definition) is 2. The summed E-state index contributed by atoms with van der Waals surface area (Å²) in [6, 6.07) is 15.5. The van der Waals surface area contributed by atoms with Gasteiger partial charge in [0, 0.05) is 23.0 Å². The monoisotopic (exact) mass is 284 g/mol. The number of benzene rings is 2. The summed E-state index contributed by atoms with van der Waals surface area (Å²) in [5.74, 6) is 1.64. The third-order valence-corrected chi connectivity index (χ3v) is 3.14. The largest absolute Gasteiger partial charge is 0.489 e. The maximum atomic E-state index is 5.95. The molecule has 20 heavy (non-hydrogen) atoms. The summed E-state index contributed by atoms with van der Waals surface area (Å²) in [5, 5.41) is 0.718. The van der Waals surface area contributed by atoms with Gasteiger partial charge in [-0.25, -0.2) is 4.98 Å². The molecule has 0 saturated carbocycles. The fourth-order valence-electron chi connectivity index (χ4n) is 1.95. The SMILES string of the molecule is Clc1cccc(COc2cccc(-c3ncc[nH]3)c2)c1. The van der Waals surface area contributed by atoms with E-state index >= 15 is 0 Å². The Morgan fingerprint density at radius 1 is 1.10 bits per heavy atom. The average Bonchev–Trinajstić information content (AvgIpc) is 3.00. The third kappa shape index (κ3) is 3.00. The number of nitrogens with zero attached hydrogens (tertiary/aromatic N) is 1. The van der Waals surface area contributed by atoms with E-state index in [-0.39, 0.29) is 0 Å². The molecule has 0 spiro atoms. The van der Waals surface area contributed by atoms with Crippen LogP contribution in [0.5, 0.6) is 5.75 Å². The summed E-state index contributed by atoms with van der Waals surface area (Å²) in [7, 11) is 0. The lowest BCUT2D eigenvalue weighted by molar-refractivity contribution is 0.306. The van der Waals surface area contributed by atoms with E-state index < -0.39 is 0 Å².